The van der Waals surface area contributed by atoms with Crippen LogP contribution in [0.25, 0.3) is 0 Å². The van der Waals surface area contributed by atoms with E-state index in [0.29, 0.717) is 6.54 Å². The molecule has 1 aromatic carbocycles. The maximum Gasteiger partial charge on any atom is 0.250 e. The van der Waals surface area contributed by atoms with Gasteiger partial charge in [0.05, 0.1) is 0 Å². The van der Waals surface area contributed by atoms with E-state index >= 15 is 0 Å². The lowest BCUT2D eigenvalue weighted by Gasteiger charge is -2.36. The molecule has 1 aliphatic heterocycles. The molecule has 1 fully saturated rings. The molecule has 1 saturated heterocycles. The van der Waals surface area contributed by atoms with Crippen molar-refractivity contribution in [1.29, 1.82) is 0 Å². The van der Waals surface area contributed by atoms with Gasteiger partial charge in [0.15, 0.2) is 0 Å². The van der Waals surface area contributed by atoms with Gasteiger partial charge in [-0.15, -0.1) is 0 Å². The topological polar surface area (TPSA) is 42.3 Å². The maximum atomic E-state index is 13.1. The van der Waals surface area contributed by atoms with Crippen molar-refractivity contribution in [3.8, 4) is 0 Å². The average Bonchev–Trinajstić information content (AvgIpc) is 2.59. The Balaban J connectivity index is 1.71. The second kappa shape index (κ2) is 7.43. The first-order valence-corrected chi connectivity index (χ1v) is 8.33. The van der Waals surface area contributed by atoms with E-state index in [1.165, 1.54) is 22.8 Å². The second-order valence-electron chi connectivity index (χ2n) is 6.23. The Morgan fingerprint density at radius 1 is 1.12 bits per heavy atom. The Labute approximate surface area is 140 Å². The molecular formula is C19H21FN2O2. The van der Waals surface area contributed by atoms with Crippen molar-refractivity contribution in [1.82, 2.24) is 9.47 Å². The molecule has 1 aliphatic rings. The Hall–Kier alpha value is -2.43. The molecule has 2 heterocycles. The quantitative estimate of drug-likeness (QED) is 0.866. The number of carbonyl (C=O) groups excluding carboxylic acids is 1. The van der Waals surface area contributed by atoms with Crippen molar-refractivity contribution in [2.75, 3.05) is 6.54 Å². The van der Waals surface area contributed by atoms with E-state index in [4.69, 9.17) is 0 Å². The third-order valence-corrected chi connectivity index (χ3v) is 4.54. The summed E-state index contributed by atoms with van der Waals surface area (Å²) in [5.74, 6) is -0.283. The molecule has 0 N–H and O–H groups in total. The van der Waals surface area contributed by atoms with Crippen LogP contribution >= 0.6 is 0 Å². The summed E-state index contributed by atoms with van der Waals surface area (Å²) in [6, 6.07) is 11.4. The minimum absolute atomic E-state index is 0.0323. The zero-order valence-electron chi connectivity index (χ0n) is 13.5. The van der Waals surface area contributed by atoms with Crippen LogP contribution in [0, 0.1) is 5.82 Å². The number of benzene rings is 1. The van der Waals surface area contributed by atoms with Crippen molar-refractivity contribution in [2.45, 2.75) is 38.3 Å². The van der Waals surface area contributed by atoms with E-state index in [1.807, 2.05) is 4.90 Å². The van der Waals surface area contributed by atoms with Gasteiger partial charge in [-0.2, -0.15) is 0 Å². The molecule has 0 aliphatic carbocycles. The number of pyridine rings is 1. The third-order valence-electron chi connectivity index (χ3n) is 4.54. The molecule has 3 rings (SSSR count). The molecule has 2 aromatic rings. The smallest absolute Gasteiger partial charge is 0.250 e. The molecule has 0 radical (unpaired) electrons. The summed E-state index contributed by atoms with van der Waals surface area (Å²) in [7, 11) is 0. The van der Waals surface area contributed by atoms with Crippen LogP contribution in [0.1, 0.15) is 24.8 Å². The van der Waals surface area contributed by atoms with Crippen LogP contribution in [-0.4, -0.2) is 28.0 Å². The molecule has 0 saturated carbocycles. The number of rotatable bonds is 4. The van der Waals surface area contributed by atoms with Crippen molar-refractivity contribution in [3.63, 3.8) is 0 Å². The van der Waals surface area contributed by atoms with Gasteiger partial charge in [-0.25, -0.2) is 4.39 Å². The molecular weight excluding hydrogens is 307 g/mol. The first-order chi connectivity index (χ1) is 11.6. The highest BCUT2D eigenvalue weighted by atomic mass is 19.1. The van der Waals surface area contributed by atoms with Crippen molar-refractivity contribution < 1.29 is 9.18 Å². The zero-order chi connectivity index (χ0) is 16.9. The molecule has 24 heavy (non-hydrogen) atoms. The number of nitrogens with zero attached hydrogens (tertiary/aromatic N) is 2. The van der Waals surface area contributed by atoms with Gasteiger partial charge in [-0.1, -0.05) is 18.2 Å². The fourth-order valence-electron chi connectivity index (χ4n) is 3.26. The first kappa shape index (κ1) is 16.4. The van der Waals surface area contributed by atoms with Crippen LogP contribution in [0.2, 0.25) is 0 Å². The molecule has 1 atom stereocenters. The standard InChI is InChI=1S/C19H21FN2O2/c20-16-9-7-15(8-10-16)13-17-5-1-4-12-22(17)19(24)14-21-11-3-2-6-18(21)23/h2-3,6-11,17H,1,4-5,12-14H2/t17-/m0/s1. The van der Waals surface area contributed by atoms with Crippen LogP contribution in [0.4, 0.5) is 4.39 Å². The predicted molar refractivity (Wildman–Crippen MR) is 90.2 cm³/mol. The molecule has 1 amide bonds. The summed E-state index contributed by atoms with van der Waals surface area (Å²) < 4.78 is 14.5. The average molecular weight is 328 g/mol. The van der Waals surface area contributed by atoms with Gasteiger partial charge in [-0.05, 0) is 49.4 Å². The van der Waals surface area contributed by atoms with Gasteiger partial charge >= 0.3 is 0 Å². The summed E-state index contributed by atoms with van der Waals surface area (Å²) in [6.07, 6.45) is 5.36. The molecule has 4 nitrogen and oxygen atoms in total. The van der Waals surface area contributed by atoms with E-state index in [2.05, 4.69) is 0 Å². The van der Waals surface area contributed by atoms with Crippen LogP contribution in [0.5, 0.6) is 0 Å². The van der Waals surface area contributed by atoms with Gasteiger partial charge in [0.25, 0.3) is 5.56 Å². The monoisotopic (exact) mass is 328 g/mol. The first-order valence-electron chi connectivity index (χ1n) is 8.33. The Kier molecular flexibility index (Phi) is 5.08. The number of hydrogen-bond acceptors (Lipinski definition) is 2. The Morgan fingerprint density at radius 3 is 2.67 bits per heavy atom. The molecule has 0 bridgehead atoms. The number of halogens is 1. The lowest BCUT2D eigenvalue weighted by Crippen LogP contribution is -2.46. The number of aromatic nitrogens is 1. The largest absolute Gasteiger partial charge is 0.338 e. The van der Waals surface area contributed by atoms with Gasteiger partial charge in [0.1, 0.15) is 12.4 Å². The second-order valence-corrected chi connectivity index (χ2v) is 6.23. The Bertz CT molecular complexity index is 754. The van der Waals surface area contributed by atoms with Crippen LogP contribution in [0.15, 0.2) is 53.5 Å². The van der Waals surface area contributed by atoms with Crippen LogP contribution in [-0.2, 0) is 17.8 Å². The van der Waals surface area contributed by atoms with E-state index in [1.54, 1.807) is 30.5 Å². The zero-order valence-corrected chi connectivity index (χ0v) is 13.5. The van der Waals surface area contributed by atoms with Gasteiger partial charge < -0.3 is 9.47 Å². The summed E-state index contributed by atoms with van der Waals surface area (Å²) >= 11 is 0. The number of carbonyl (C=O) groups is 1. The highest BCUT2D eigenvalue weighted by Gasteiger charge is 2.26. The fourth-order valence-corrected chi connectivity index (χ4v) is 3.26. The van der Waals surface area contributed by atoms with Gasteiger partial charge in [0, 0.05) is 24.8 Å². The summed E-state index contributed by atoms with van der Waals surface area (Å²) in [5.41, 5.74) is 0.857. The number of likely N-dealkylation sites (tertiary alicyclic amines) is 1. The molecule has 5 heteroatoms. The lowest BCUT2D eigenvalue weighted by molar-refractivity contribution is -0.135. The predicted octanol–water partition coefficient (Wildman–Crippen LogP) is 2.61. The number of amides is 1. The summed E-state index contributed by atoms with van der Waals surface area (Å²) in [5, 5.41) is 0. The van der Waals surface area contributed by atoms with Crippen molar-refractivity contribution in [3.05, 3.63) is 70.4 Å². The van der Waals surface area contributed by atoms with Crippen LogP contribution in [0.3, 0.4) is 0 Å². The number of piperidine rings is 1. The van der Waals surface area contributed by atoms with Gasteiger partial charge in [-0.3, -0.25) is 9.59 Å². The van der Waals surface area contributed by atoms with Gasteiger partial charge in [0.2, 0.25) is 5.91 Å². The fraction of sp³-hybridized carbons (Fsp3) is 0.368. The molecule has 1 aromatic heterocycles. The van der Waals surface area contributed by atoms with Crippen LogP contribution < -0.4 is 5.56 Å². The molecule has 0 spiro atoms. The summed E-state index contributed by atoms with van der Waals surface area (Å²) in [4.78, 5) is 26.4. The minimum atomic E-state index is -0.251. The number of hydrogen-bond donors (Lipinski definition) is 0. The summed E-state index contributed by atoms with van der Waals surface area (Å²) in [6.45, 7) is 0.784. The SMILES string of the molecule is O=C(Cn1ccccc1=O)N1CCCC[C@H]1Cc1ccc(F)cc1. The highest BCUT2D eigenvalue weighted by molar-refractivity contribution is 5.76. The minimum Gasteiger partial charge on any atom is -0.338 e. The third kappa shape index (κ3) is 3.91. The van der Waals surface area contributed by atoms with E-state index in [9.17, 15) is 14.0 Å². The highest BCUT2D eigenvalue weighted by Crippen LogP contribution is 2.21. The van der Waals surface area contributed by atoms with E-state index in [-0.39, 0.29) is 29.9 Å². The maximum absolute atomic E-state index is 13.1. The normalized spacial score (nSPS) is 17.7. The van der Waals surface area contributed by atoms with E-state index in [0.717, 1.165) is 31.2 Å². The van der Waals surface area contributed by atoms with Crippen molar-refractivity contribution >= 4 is 5.91 Å². The molecule has 0 unspecified atom stereocenters. The molecule has 126 valence electrons. The van der Waals surface area contributed by atoms with Crippen molar-refractivity contribution in [2.24, 2.45) is 0 Å². The Morgan fingerprint density at radius 2 is 1.92 bits per heavy atom. The lowest BCUT2D eigenvalue weighted by atomic mass is 9.95. The van der Waals surface area contributed by atoms with E-state index < -0.39 is 0 Å².